The highest BCUT2D eigenvalue weighted by atomic mass is 35.5. The zero-order valence-corrected chi connectivity index (χ0v) is 18.1. The highest BCUT2D eigenvalue weighted by Gasteiger charge is 2.53. The molecule has 0 aromatic heterocycles. The third-order valence-corrected chi connectivity index (χ3v) is 4.34. The van der Waals surface area contributed by atoms with Crippen LogP contribution in [0.25, 0.3) is 0 Å². The molecule has 0 saturated carbocycles. The molecule has 1 aromatic rings. The molecule has 1 aliphatic rings. The van der Waals surface area contributed by atoms with Gasteiger partial charge in [-0.05, 0) is 12.1 Å². The molecule has 0 amide bonds. The number of carbonyl (C=O) groups is 4. The van der Waals surface area contributed by atoms with Gasteiger partial charge in [0.15, 0.2) is 12.2 Å². The Labute approximate surface area is 183 Å². The number of para-hydroxylation sites is 1. The lowest BCUT2D eigenvalue weighted by Gasteiger charge is -2.43. The van der Waals surface area contributed by atoms with Crippen molar-refractivity contribution in [2.24, 2.45) is 0 Å². The summed E-state index contributed by atoms with van der Waals surface area (Å²) in [6.07, 6.45) is -6.32. The largest absolute Gasteiger partial charge is 0.463 e. The zero-order valence-electron chi connectivity index (χ0n) is 17.4. The second-order valence-electron chi connectivity index (χ2n) is 6.62. The summed E-state index contributed by atoms with van der Waals surface area (Å²) in [7, 11) is 0. The van der Waals surface area contributed by atoms with Crippen LogP contribution in [0.5, 0.6) is 5.75 Å². The molecule has 0 spiro atoms. The van der Waals surface area contributed by atoms with Crippen molar-refractivity contribution in [1.29, 1.82) is 0 Å². The van der Waals surface area contributed by atoms with Gasteiger partial charge in [-0.3, -0.25) is 19.2 Å². The van der Waals surface area contributed by atoms with Gasteiger partial charge in [0, 0.05) is 27.7 Å². The highest BCUT2D eigenvalue weighted by molar-refractivity contribution is 6.32. The molecule has 0 N–H and O–H groups in total. The van der Waals surface area contributed by atoms with Crippen LogP contribution >= 0.6 is 11.6 Å². The number of ether oxygens (including phenoxy) is 6. The first-order valence-corrected chi connectivity index (χ1v) is 9.68. The Bertz CT molecular complexity index is 826. The summed E-state index contributed by atoms with van der Waals surface area (Å²) in [4.78, 5) is 46.5. The van der Waals surface area contributed by atoms with E-state index in [2.05, 4.69) is 0 Å². The van der Waals surface area contributed by atoms with Crippen molar-refractivity contribution < 1.29 is 47.6 Å². The summed E-state index contributed by atoms with van der Waals surface area (Å²) in [5.74, 6) is -2.59. The van der Waals surface area contributed by atoms with E-state index in [1.807, 2.05) is 0 Å². The fraction of sp³-hybridized carbons (Fsp3) is 0.500. The van der Waals surface area contributed by atoms with E-state index >= 15 is 0 Å². The minimum Gasteiger partial charge on any atom is -0.463 e. The molecule has 1 aliphatic heterocycles. The monoisotopic (exact) mass is 458 g/mol. The fourth-order valence-corrected chi connectivity index (χ4v) is 3.13. The van der Waals surface area contributed by atoms with Crippen molar-refractivity contribution in [3.05, 3.63) is 29.3 Å². The van der Waals surface area contributed by atoms with Gasteiger partial charge in [0.05, 0.1) is 5.02 Å². The molecule has 11 heteroatoms. The summed E-state index contributed by atoms with van der Waals surface area (Å²) in [5, 5.41) is 0.246. The molecule has 31 heavy (non-hydrogen) atoms. The average Bonchev–Trinajstić information content (AvgIpc) is 2.65. The van der Waals surface area contributed by atoms with Gasteiger partial charge in [0.1, 0.15) is 18.5 Å². The summed E-state index contributed by atoms with van der Waals surface area (Å²) < 4.78 is 32.5. The lowest BCUT2D eigenvalue weighted by Crippen LogP contribution is -2.63. The minimum atomic E-state index is -1.33. The molecule has 10 nitrogen and oxygen atoms in total. The maximum absolute atomic E-state index is 11.8. The molecule has 5 atom stereocenters. The molecule has 1 fully saturated rings. The first kappa shape index (κ1) is 24.4. The van der Waals surface area contributed by atoms with Crippen molar-refractivity contribution in [2.45, 2.75) is 58.4 Å². The lowest BCUT2D eigenvalue weighted by molar-refractivity contribution is -0.288. The van der Waals surface area contributed by atoms with E-state index in [1.54, 1.807) is 24.3 Å². The normalized spacial score (nSPS) is 25.1. The predicted molar refractivity (Wildman–Crippen MR) is 104 cm³/mol. The number of hydrogen-bond acceptors (Lipinski definition) is 10. The van der Waals surface area contributed by atoms with Gasteiger partial charge in [0.25, 0.3) is 0 Å². The lowest BCUT2D eigenvalue weighted by atomic mass is 9.98. The van der Waals surface area contributed by atoms with E-state index in [1.165, 1.54) is 6.92 Å². The number of halogens is 1. The topological polar surface area (TPSA) is 124 Å². The van der Waals surface area contributed by atoms with Gasteiger partial charge in [-0.15, -0.1) is 0 Å². The van der Waals surface area contributed by atoms with E-state index in [0.29, 0.717) is 0 Å². The molecule has 170 valence electrons. The van der Waals surface area contributed by atoms with Crippen LogP contribution in [0.3, 0.4) is 0 Å². The molecule has 1 aromatic carbocycles. The van der Waals surface area contributed by atoms with Crippen LogP contribution in [0, 0.1) is 0 Å². The maximum atomic E-state index is 11.8. The number of rotatable bonds is 7. The third-order valence-electron chi connectivity index (χ3n) is 4.03. The minimum absolute atomic E-state index is 0.199. The maximum Gasteiger partial charge on any atom is 0.303 e. The first-order chi connectivity index (χ1) is 14.6. The number of hydrogen-bond donors (Lipinski definition) is 0. The Morgan fingerprint density at radius 3 is 1.94 bits per heavy atom. The molecule has 0 bridgehead atoms. The SMILES string of the molecule is CC(=O)OC[C@H]1O[C@H](Oc2ccccc2Cl)[C@@H](OC(C)=O)[C@@H](OC(C)=O)[C@@H]1OC(C)=O. The fourth-order valence-electron chi connectivity index (χ4n) is 2.95. The molecule has 2 rings (SSSR count). The van der Waals surface area contributed by atoms with Crippen LogP contribution in [-0.4, -0.2) is 61.2 Å². The quantitative estimate of drug-likeness (QED) is 0.441. The predicted octanol–water partition coefficient (Wildman–Crippen LogP) is 1.80. The van der Waals surface area contributed by atoms with Crippen molar-refractivity contribution >= 4 is 35.5 Å². The van der Waals surface area contributed by atoms with Crippen LogP contribution < -0.4 is 4.74 Å². The van der Waals surface area contributed by atoms with E-state index in [0.717, 1.165) is 20.8 Å². The molecule has 0 radical (unpaired) electrons. The van der Waals surface area contributed by atoms with Gasteiger partial charge in [0.2, 0.25) is 12.4 Å². The highest BCUT2D eigenvalue weighted by Crippen LogP contribution is 2.33. The van der Waals surface area contributed by atoms with Crippen LogP contribution in [0.2, 0.25) is 5.02 Å². The number of esters is 4. The number of benzene rings is 1. The first-order valence-electron chi connectivity index (χ1n) is 9.30. The van der Waals surface area contributed by atoms with Crippen LogP contribution in [0.15, 0.2) is 24.3 Å². The summed E-state index contributed by atoms with van der Waals surface area (Å²) >= 11 is 6.14. The van der Waals surface area contributed by atoms with Crippen molar-refractivity contribution in [3.8, 4) is 5.75 Å². The summed E-state index contributed by atoms with van der Waals surface area (Å²) in [5.41, 5.74) is 0. The Kier molecular flexibility index (Phi) is 8.64. The molecule has 1 heterocycles. The summed E-state index contributed by atoms with van der Waals surface area (Å²) in [6.45, 7) is 4.26. The third kappa shape index (κ3) is 7.11. The Balaban J connectivity index is 2.46. The van der Waals surface area contributed by atoms with Crippen LogP contribution in [-0.2, 0) is 42.9 Å². The van der Waals surface area contributed by atoms with Crippen LogP contribution in [0.1, 0.15) is 27.7 Å². The molecule has 1 saturated heterocycles. The van der Waals surface area contributed by atoms with Crippen molar-refractivity contribution in [3.63, 3.8) is 0 Å². The second kappa shape index (κ2) is 11.0. The van der Waals surface area contributed by atoms with Gasteiger partial charge in [-0.2, -0.15) is 0 Å². The molecule has 0 unspecified atom stereocenters. The smallest absolute Gasteiger partial charge is 0.303 e. The standard InChI is InChI=1S/C20H23ClO10/c1-10(22)26-9-16-17(27-11(2)23)18(28-12(3)24)19(29-13(4)25)20(31-16)30-15-8-6-5-7-14(15)21/h5-8,16-20H,9H2,1-4H3/t16-,17-,18+,19+,20+/m1/s1. The van der Waals surface area contributed by atoms with Crippen LogP contribution in [0.4, 0.5) is 0 Å². The summed E-state index contributed by atoms with van der Waals surface area (Å²) in [6, 6.07) is 6.47. The Morgan fingerprint density at radius 2 is 1.39 bits per heavy atom. The Hall–Kier alpha value is -2.85. The van der Waals surface area contributed by atoms with Gasteiger partial charge in [-0.1, -0.05) is 23.7 Å². The average molecular weight is 459 g/mol. The Morgan fingerprint density at radius 1 is 0.839 bits per heavy atom. The van der Waals surface area contributed by atoms with Gasteiger partial charge >= 0.3 is 23.9 Å². The zero-order chi connectivity index (χ0) is 23.1. The van der Waals surface area contributed by atoms with E-state index in [-0.39, 0.29) is 17.4 Å². The van der Waals surface area contributed by atoms with E-state index in [9.17, 15) is 19.2 Å². The van der Waals surface area contributed by atoms with Gasteiger partial charge in [-0.25, -0.2) is 0 Å². The number of carbonyl (C=O) groups excluding carboxylic acids is 4. The molecular formula is C20H23ClO10. The molecule has 0 aliphatic carbocycles. The van der Waals surface area contributed by atoms with E-state index in [4.69, 9.17) is 40.0 Å². The van der Waals surface area contributed by atoms with Crippen molar-refractivity contribution in [2.75, 3.05) is 6.61 Å². The van der Waals surface area contributed by atoms with E-state index < -0.39 is 54.6 Å². The second-order valence-corrected chi connectivity index (χ2v) is 7.02. The van der Waals surface area contributed by atoms with Crippen molar-refractivity contribution in [1.82, 2.24) is 0 Å². The van der Waals surface area contributed by atoms with Gasteiger partial charge < -0.3 is 28.4 Å². The molecular weight excluding hydrogens is 436 g/mol.